The molecular weight excluding hydrogens is 264 g/mol. The zero-order valence-corrected chi connectivity index (χ0v) is 12.2. The van der Waals surface area contributed by atoms with Gasteiger partial charge < -0.3 is 5.32 Å². The molecule has 1 heterocycles. The Labute approximate surface area is 122 Å². The first-order valence-corrected chi connectivity index (χ1v) is 7.55. The topological polar surface area (TPSA) is 24.9 Å². The van der Waals surface area contributed by atoms with Crippen LogP contribution < -0.4 is 5.32 Å². The van der Waals surface area contributed by atoms with Crippen LogP contribution in [0.4, 0.5) is 5.13 Å². The predicted octanol–water partition coefficient (Wildman–Crippen LogP) is 4.79. The van der Waals surface area contributed by atoms with Crippen LogP contribution in [0.25, 0.3) is 15.8 Å². The summed E-state index contributed by atoms with van der Waals surface area (Å²) in [5.74, 6) is 0. The third-order valence-electron chi connectivity index (χ3n) is 3.05. The van der Waals surface area contributed by atoms with Crippen molar-refractivity contribution in [2.75, 3.05) is 11.9 Å². The average molecular weight is 280 g/mol. The number of anilines is 1. The third-order valence-corrected chi connectivity index (χ3v) is 4.02. The Morgan fingerprint density at radius 1 is 1.10 bits per heavy atom. The normalized spacial score (nSPS) is 14.2. The number of hydrogen-bond donors (Lipinski definition) is 1. The van der Waals surface area contributed by atoms with Crippen molar-refractivity contribution in [3.63, 3.8) is 0 Å². The van der Waals surface area contributed by atoms with Gasteiger partial charge in [-0.25, -0.2) is 4.98 Å². The van der Waals surface area contributed by atoms with Crippen molar-refractivity contribution in [2.45, 2.75) is 6.92 Å². The van der Waals surface area contributed by atoms with E-state index in [-0.39, 0.29) is 0 Å². The summed E-state index contributed by atoms with van der Waals surface area (Å²) in [6.07, 6.45) is 14.5. The molecule has 2 aromatic rings. The maximum Gasteiger partial charge on any atom is 0.183 e. The van der Waals surface area contributed by atoms with Crippen LogP contribution in [0, 0.1) is 0 Å². The van der Waals surface area contributed by atoms with E-state index in [9.17, 15) is 0 Å². The molecule has 3 rings (SSSR count). The van der Waals surface area contributed by atoms with E-state index in [1.54, 1.807) is 11.3 Å². The molecule has 0 atom stereocenters. The molecule has 1 aromatic heterocycles. The molecule has 0 saturated carbocycles. The molecule has 0 unspecified atom stereocenters. The number of nitrogens with one attached hydrogen (secondary N) is 1. The second kappa shape index (κ2) is 5.88. The second-order valence-corrected chi connectivity index (χ2v) is 5.51. The van der Waals surface area contributed by atoms with Crippen LogP contribution in [-0.4, -0.2) is 11.5 Å². The summed E-state index contributed by atoms with van der Waals surface area (Å²) >= 11 is 1.70. The van der Waals surface area contributed by atoms with Gasteiger partial charge in [-0.2, -0.15) is 0 Å². The number of fused-ring (bicyclic) bond motifs is 1. The molecule has 0 saturated heterocycles. The van der Waals surface area contributed by atoms with Crippen LogP contribution in [0.3, 0.4) is 0 Å². The van der Waals surface area contributed by atoms with E-state index in [0.717, 1.165) is 17.2 Å². The molecule has 1 aliphatic rings. The molecule has 0 radical (unpaired) electrons. The number of rotatable bonds is 3. The Balaban J connectivity index is 1.99. The lowest BCUT2D eigenvalue weighted by Gasteiger charge is -2.02. The highest BCUT2D eigenvalue weighted by atomic mass is 32.1. The van der Waals surface area contributed by atoms with Gasteiger partial charge in [-0.15, -0.1) is 0 Å². The number of allylic oxidation sites excluding steroid dienone is 8. The number of nitrogens with zero attached hydrogens (tertiary/aromatic N) is 1. The van der Waals surface area contributed by atoms with Crippen molar-refractivity contribution in [3.05, 3.63) is 66.3 Å². The predicted molar refractivity (Wildman–Crippen MR) is 89.2 cm³/mol. The quantitative estimate of drug-likeness (QED) is 0.874. The van der Waals surface area contributed by atoms with E-state index < -0.39 is 0 Å². The molecule has 2 nitrogen and oxygen atoms in total. The van der Waals surface area contributed by atoms with Crippen LogP contribution in [0.1, 0.15) is 12.5 Å². The molecule has 1 N–H and O–H groups in total. The van der Waals surface area contributed by atoms with E-state index in [1.165, 1.54) is 15.8 Å². The van der Waals surface area contributed by atoms with Gasteiger partial charge in [0.25, 0.3) is 0 Å². The van der Waals surface area contributed by atoms with Crippen molar-refractivity contribution < 1.29 is 0 Å². The monoisotopic (exact) mass is 280 g/mol. The van der Waals surface area contributed by atoms with Gasteiger partial charge in [-0.3, -0.25) is 0 Å². The minimum atomic E-state index is 0.900. The SMILES string of the molecule is CCNc1nc2ccc(C3=CC=CC=CC=C3)cc2s1. The number of aromatic nitrogens is 1. The van der Waals surface area contributed by atoms with Crippen LogP contribution >= 0.6 is 11.3 Å². The summed E-state index contributed by atoms with van der Waals surface area (Å²) in [6, 6.07) is 6.44. The molecule has 3 heteroatoms. The molecule has 0 fully saturated rings. The Morgan fingerprint density at radius 3 is 2.85 bits per heavy atom. The highest BCUT2D eigenvalue weighted by molar-refractivity contribution is 7.22. The first kappa shape index (κ1) is 12.9. The minimum absolute atomic E-state index is 0.900. The first-order chi connectivity index (χ1) is 9.86. The summed E-state index contributed by atoms with van der Waals surface area (Å²) < 4.78 is 1.22. The van der Waals surface area contributed by atoms with E-state index in [2.05, 4.69) is 59.7 Å². The first-order valence-electron chi connectivity index (χ1n) is 6.73. The van der Waals surface area contributed by atoms with Crippen molar-refractivity contribution in [3.8, 4) is 0 Å². The van der Waals surface area contributed by atoms with E-state index >= 15 is 0 Å². The van der Waals surface area contributed by atoms with Gasteiger partial charge in [0.15, 0.2) is 5.13 Å². The Kier molecular flexibility index (Phi) is 3.79. The minimum Gasteiger partial charge on any atom is -0.362 e. The molecule has 0 spiro atoms. The van der Waals surface area contributed by atoms with Crippen molar-refractivity contribution in [2.24, 2.45) is 0 Å². The summed E-state index contributed by atoms with van der Waals surface area (Å²) in [5, 5.41) is 4.26. The molecule has 100 valence electrons. The molecule has 0 aliphatic heterocycles. The highest BCUT2D eigenvalue weighted by Gasteiger charge is 2.05. The summed E-state index contributed by atoms with van der Waals surface area (Å²) in [7, 11) is 0. The van der Waals surface area contributed by atoms with Gasteiger partial charge in [0.2, 0.25) is 0 Å². The van der Waals surface area contributed by atoms with Gasteiger partial charge in [0.05, 0.1) is 10.2 Å². The molecular formula is C17H16N2S. The van der Waals surface area contributed by atoms with E-state index in [1.807, 2.05) is 18.2 Å². The highest BCUT2D eigenvalue weighted by Crippen LogP contribution is 2.29. The Hall–Kier alpha value is -2.13. The maximum absolute atomic E-state index is 4.57. The molecule has 20 heavy (non-hydrogen) atoms. The number of benzene rings is 1. The van der Waals surface area contributed by atoms with Gasteiger partial charge in [0, 0.05) is 6.54 Å². The maximum atomic E-state index is 4.57. The smallest absolute Gasteiger partial charge is 0.183 e. The van der Waals surface area contributed by atoms with Gasteiger partial charge in [0.1, 0.15) is 0 Å². The fraction of sp³-hybridized carbons (Fsp3) is 0.118. The van der Waals surface area contributed by atoms with Crippen molar-refractivity contribution >= 4 is 32.3 Å². The van der Waals surface area contributed by atoms with Crippen LogP contribution in [-0.2, 0) is 0 Å². The lowest BCUT2D eigenvalue weighted by molar-refractivity contribution is 1.20. The van der Waals surface area contributed by atoms with Crippen LogP contribution in [0.5, 0.6) is 0 Å². The molecule has 1 aliphatic carbocycles. The summed E-state index contributed by atoms with van der Waals surface area (Å²) in [6.45, 7) is 2.99. The standard InChI is InChI=1S/C17H16N2S/c1-2-18-17-19-15-11-10-14(12-16(15)20-17)13-8-6-4-3-5-7-9-13/h3-12H,2H2,1H3,(H,18,19). The second-order valence-electron chi connectivity index (χ2n) is 4.48. The van der Waals surface area contributed by atoms with Crippen LogP contribution in [0.2, 0.25) is 0 Å². The Morgan fingerprint density at radius 2 is 1.95 bits per heavy atom. The number of hydrogen-bond acceptors (Lipinski definition) is 3. The summed E-state index contributed by atoms with van der Waals surface area (Å²) in [5.41, 5.74) is 3.49. The van der Waals surface area contributed by atoms with E-state index in [0.29, 0.717) is 0 Å². The van der Waals surface area contributed by atoms with Crippen molar-refractivity contribution in [1.82, 2.24) is 4.98 Å². The van der Waals surface area contributed by atoms with Gasteiger partial charge >= 0.3 is 0 Å². The fourth-order valence-electron chi connectivity index (χ4n) is 2.09. The van der Waals surface area contributed by atoms with E-state index in [4.69, 9.17) is 0 Å². The molecule has 1 aromatic carbocycles. The lowest BCUT2D eigenvalue weighted by Crippen LogP contribution is -1.94. The molecule has 0 amide bonds. The van der Waals surface area contributed by atoms with Gasteiger partial charge in [-0.1, -0.05) is 59.9 Å². The third kappa shape index (κ3) is 2.73. The van der Waals surface area contributed by atoms with Crippen LogP contribution in [0.15, 0.2) is 60.7 Å². The largest absolute Gasteiger partial charge is 0.362 e. The number of thiazole rings is 1. The fourth-order valence-corrected chi connectivity index (χ4v) is 3.06. The summed E-state index contributed by atoms with van der Waals surface area (Å²) in [4.78, 5) is 4.57. The Bertz CT molecular complexity index is 733. The van der Waals surface area contributed by atoms with Gasteiger partial charge in [-0.05, 0) is 30.2 Å². The lowest BCUT2D eigenvalue weighted by atomic mass is 10.0. The zero-order valence-electron chi connectivity index (χ0n) is 11.3. The van der Waals surface area contributed by atoms with Crippen molar-refractivity contribution in [1.29, 1.82) is 0 Å². The average Bonchev–Trinajstić information content (AvgIpc) is 2.80. The molecule has 0 bridgehead atoms. The zero-order chi connectivity index (χ0) is 13.8.